The minimum atomic E-state index is -0.857. The van der Waals surface area contributed by atoms with Gasteiger partial charge in [0.1, 0.15) is 18.2 Å². The Kier molecular flexibility index (Phi) is 5.80. The number of rotatable bonds is 5. The van der Waals surface area contributed by atoms with E-state index >= 15 is 0 Å². The van der Waals surface area contributed by atoms with Gasteiger partial charge in [0.05, 0.1) is 0 Å². The monoisotopic (exact) mass is 399 g/mol. The highest BCUT2D eigenvalue weighted by atomic mass is 35.5. The van der Waals surface area contributed by atoms with Crippen LogP contribution in [0.4, 0.5) is 0 Å². The standard InChI is InChI=1S/C21H18ClNO5/c1-12-8-18-16(10-17(12)22)15(9-19(24)28-18)11-27-21(26)13(2)23-20(25)14-6-4-3-5-7-14/h3-10,13H,11H2,1-2H3,(H,23,25)/t13-/m0/s1. The molecule has 2 aromatic carbocycles. The van der Waals surface area contributed by atoms with Crippen LogP contribution in [0.25, 0.3) is 11.0 Å². The Morgan fingerprint density at radius 1 is 1.18 bits per heavy atom. The fraction of sp³-hybridized carbons (Fsp3) is 0.190. The molecule has 0 aliphatic heterocycles. The van der Waals surface area contributed by atoms with Gasteiger partial charge in [0.2, 0.25) is 0 Å². The maximum atomic E-state index is 12.3. The zero-order chi connectivity index (χ0) is 20.3. The average Bonchev–Trinajstić information content (AvgIpc) is 2.67. The van der Waals surface area contributed by atoms with Crippen molar-refractivity contribution in [3.05, 3.63) is 80.7 Å². The normalized spacial score (nSPS) is 11.8. The fourth-order valence-electron chi connectivity index (χ4n) is 2.67. The van der Waals surface area contributed by atoms with Crippen LogP contribution in [0.3, 0.4) is 0 Å². The molecule has 6 nitrogen and oxygen atoms in total. The molecule has 1 atom stereocenters. The van der Waals surface area contributed by atoms with Gasteiger partial charge in [0.25, 0.3) is 5.91 Å². The van der Waals surface area contributed by atoms with E-state index in [0.717, 1.165) is 5.56 Å². The lowest BCUT2D eigenvalue weighted by molar-refractivity contribution is -0.146. The van der Waals surface area contributed by atoms with Crippen molar-refractivity contribution < 1.29 is 18.7 Å². The Labute approximate surface area is 166 Å². The molecule has 7 heteroatoms. The van der Waals surface area contributed by atoms with Gasteiger partial charge in [-0.15, -0.1) is 0 Å². The summed E-state index contributed by atoms with van der Waals surface area (Å²) in [5.41, 5.74) is 1.50. The Morgan fingerprint density at radius 3 is 2.61 bits per heavy atom. The summed E-state index contributed by atoms with van der Waals surface area (Å²) in [7, 11) is 0. The maximum absolute atomic E-state index is 12.3. The summed E-state index contributed by atoms with van der Waals surface area (Å²) >= 11 is 6.15. The molecule has 0 saturated heterocycles. The number of nitrogens with one attached hydrogen (secondary N) is 1. The van der Waals surface area contributed by atoms with Gasteiger partial charge >= 0.3 is 11.6 Å². The van der Waals surface area contributed by atoms with Crippen molar-refractivity contribution >= 4 is 34.4 Å². The lowest BCUT2D eigenvalue weighted by Crippen LogP contribution is -2.39. The van der Waals surface area contributed by atoms with Gasteiger partial charge in [0, 0.05) is 27.6 Å². The molecule has 1 amide bonds. The van der Waals surface area contributed by atoms with E-state index in [2.05, 4.69) is 5.32 Å². The topological polar surface area (TPSA) is 85.6 Å². The molecule has 0 fully saturated rings. The number of carbonyl (C=O) groups is 2. The first-order valence-electron chi connectivity index (χ1n) is 8.60. The number of amides is 1. The minimum absolute atomic E-state index is 0.147. The van der Waals surface area contributed by atoms with Gasteiger partial charge in [-0.1, -0.05) is 29.8 Å². The highest BCUT2D eigenvalue weighted by molar-refractivity contribution is 6.32. The minimum Gasteiger partial charge on any atom is -0.459 e. The summed E-state index contributed by atoms with van der Waals surface area (Å²) in [6, 6.07) is 12.3. The predicted octanol–water partition coefficient (Wildman–Crippen LogP) is 3.62. The lowest BCUT2D eigenvalue weighted by atomic mass is 10.1. The summed E-state index contributed by atoms with van der Waals surface area (Å²) in [6.45, 7) is 3.18. The van der Waals surface area contributed by atoms with E-state index in [0.29, 0.717) is 27.1 Å². The van der Waals surface area contributed by atoms with E-state index in [9.17, 15) is 14.4 Å². The molecule has 1 heterocycles. The molecule has 28 heavy (non-hydrogen) atoms. The second-order valence-corrected chi connectivity index (χ2v) is 6.76. The van der Waals surface area contributed by atoms with E-state index in [1.54, 1.807) is 49.4 Å². The van der Waals surface area contributed by atoms with E-state index in [1.807, 2.05) is 0 Å². The van der Waals surface area contributed by atoms with Crippen LogP contribution in [0.15, 0.2) is 57.7 Å². The SMILES string of the molecule is Cc1cc2oc(=O)cc(COC(=O)[C@H](C)NC(=O)c3ccccc3)c2cc1Cl. The van der Waals surface area contributed by atoms with Crippen molar-refractivity contribution in [2.75, 3.05) is 0 Å². The first-order chi connectivity index (χ1) is 13.3. The van der Waals surface area contributed by atoms with Crippen molar-refractivity contribution in [2.45, 2.75) is 26.5 Å². The van der Waals surface area contributed by atoms with Crippen molar-refractivity contribution in [1.82, 2.24) is 5.32 Å². The molecule has 0 saturated carbocycles. The van der Waals surface area contributed by atoms with Crippen LogP contribution in [-0.4, -0.2) is 17.9 Å². The van der Waals surface area contributed by atoms with Gasteiger partial charge in [-0.3, -0.25) is 4.79 Å². The molecular formula is C21H18ClNO5. The van der Waals surface area contributed by atoms with Crippen molar-refractivity contribution in [2.24, 2.45) is 0 Å². The van der Waals surface area contributed by atoms with Crippen LogP contribution >= 0.6 is 11.6 Å². The average molecular weight is 400 g/mol. The van der Waals surface area contributed by atoms with E-state index in [-0.39, 0.29) is 12.5 Å². The van der Waals surface area contributed by atoms with Gasteiger partial charge in [-0.05, 0) is 43.7 Å². The zero-order valence-corrected chi connectivity index (χ0v) is 16.1. The molecule has 0 bridgehead atoms. The number of esters is 1. The van der Waals surface area contributed by atoms with E-state index < -0.39 is 17.6 Å². The Morgan fingerprint density at radius 2 is 1.89 bits per heavy atom. The number of hydrogen-bond acceptors (Lipinski definition) is 5. The largest absolute Gasteiger partial charge is 0.459 e. The van der Waals surface area contributed by atoms with Crippen LogP contribution < -0.4 is 10.9 Å². The number of hydrogen-bond donors (Lipinski definition) is 1. The molecule has 1 N–H and O–H groups in total. The van der Waals surface area contributed by atoms with Crippen molar-refractivity contribution in [3.63, 3.8) is 0 Å². The quantitative estimate of drug-likeness (QED) is 0.523. The third-order valence-corrected chi connectivity index (χ3v) is 4.62. The molecule has 0 unspecified atom stereocenters. The third kappa shape index (κ3) is 4.40. The number of halogens is 1. The summed E-state index contributed by atoms with van der Waals surface area (Å²) in [6.07, 6.45) is 0. The van der Waals surface area contributed by atoms with Gasteiger partial charge in [-0.25, -0.2) is 9.59 Å². The highest BCUT2D eigenvalue weighted by Crippen LogP contribution is 2.25. The van der Waals surface area contributed by atoms with Crippen LogP contribution in [0.5, 0.6) is 0 Å². The lowest BCUT2D eigenvalue weighted by Gasteiger charge is -2.14. The maximum Gasteiger partial charge on any atom is 0.336 e. The van der Waals surface area contributed by atoms with Crippen molar-refractivity contribution in [1.29, 1.82) is 0 Å². The number of aryl methyl sites for hydroxylation is 1. The second kappa shape index (κ2) is 8.27. The summed E-state index contributed by atoms with van der Waals surface area (Å²) in [4.78, 5) is 36.2. The molecule has 0 aliphatic rings. The van der Waals surface area contributed by atoms with Crippen LogP contribution in [0.2, 0.25) is 5.02 Å². The molecular weight excluding hydrogens is 382 g/mol. The molecule has 3 rings (SSSR count). The number of fused-ring (bicyclic) bond motifs is 1. The summed E-state index contributed by atoms with van der Waals surface area (Å²) in [5, 5.41) is 3.68. The van der Waals surface area contributed by atoms with Crippen LogP contribution in [-0.2, 0) is 16.1 Å². The summed E-state index contributed by atoms with van der Waals surface area (Å²) < 4.78 is 10.5. The summed E-state index contributed by atoms with van der Waals surface area (Å²) in [5.74, 6) is -0.998. The fourth-order valence-corrected chi connectivity index (χ4v) is 2.83. The molecule has 3 aromatic rings. The van der Waals surface area contributed by atoms with Crippen LogP contribution in [0.1, 0.15) is 28.4 Å². The van der Waals surface area contributed by atoms with Crippen LogP contribution in [0, 0.1) is 6.92 Å². The molecule has 144 valence electrons. The Balaban J connectivity index is 1.71. The Bertz CT molecular complexity index is 1090. The van der Waals surface area contributed by atoms with Gasteiger partial charge in [-0.2, -0.15) is 0 Å². The molecule has 0 radical (unpaired) electrons. The molecule has 0 spiro atoms. The first kappa shape index (κ1) is 19.6. The Hall–Kier alpha value is -3.12. The third-order valence-electron chi connectivity index (χ3n) is 4.22. The van der Waals surface area contributed by atoms with Crippen molar-refractivity contribution in [3.8, 4) is 0 Å². The van der Waals surface area contributed by atoms with E-state index in [1.165, 1.54) is 13.0 Å². The number of ether oxygens (including phenoxy) is 1. The number of benzene rings is 2. The first-order valence-corrected chi connectivity index (χ1v) is 8.98. The van der Waals surface area contributed by atoms with Gasteiger partial charge in [0.15, 0.2) is 0 Å². The van der Waals surface area contributed by atoms with E-state index in [4.69, 9.17) is 20.8 Å². The smallest absolute Gasteiger partial charge is 0.336 e. The molecule has 0 aliphatic carbocycles. The van der Waals surface area contributed by atoms with Gasteiger partial charge < -0.3 is 14.5 Å². The predicted molar refractivity (Wildman–Crippen MR) is 105 cm³/mol. The second-order valence-electron chi connectivity index (χ2n) is 6.36. The zero-order valence-electron chi connectivity index (χ0n) is 15.3. The highest BCUT2D eigenvalue weighted by Gasteiger charge is 2.19. The molecule has 1 aromatic heterocycles. The number of carbonyl (C=O) groups excluding carboxylic acids is 2.